The highest BCUT2D eigenvalue weighted by Crippen LogP contribution is 2.64. The Morgan fingerprint density at radius 2 is 0.706 bits per heavy atom. The van der Waals surface area contributed by atoms with Gasteiger partial charge in [0, 0.05) is 27.5 Å². The van der Waals surface area contributed by atoms with E-state index < -0.39 is 5.41 Å². The molecule has 0 bridgehead atoms. The van der Waals surface area contributed by atoms with Gasteiger partial charge in [-0.05, 0) is 96.1 Å². The van der Waals surface area contributed by atoms with Crippen molar-refractivity contribution in [2.75, 3.05) is 0 Å². The fourth-order valence-electron chi connectivity index (χ4n) is 11.2. The van der Waals surface area contributed by atoms with Gasteiger partial charge in [-0.15, -0.1) is 0 Å². The number of aromatic nitrogens is 3. The van der Waals surface area contributed by atoms with Crippen LogP contribution in [0, 0.1) is 0 Å². The van der Waals surface area contributed by atoms with Gasteiger partial charge in [-0.2, -0.15) is 0 Å². The predicted octanol–water partition coefficient (Wildman–Crippen LogP) is 16.1. The summed E-state index contributed by atoms with van der Waals surface area (Å²) in [5, 5.41) is 1.97. The van der Waals surface area contributed by atoms with Gasteiger partial charge in [-0.3, -0.25) is 0 Å². The monoisotopic (exact) mass is 865 g/mol. The van der Waals surface area contributed by atoms with Crippen LogP contribution < -0.4 is 0 Å². The smallest absolute Gasteiger partial charge is 0.164 e. The largest absolute Gasteiger partial charge is 0.456 e. The van der Waals surface area contributed by atoms with E-state index in [1.165, 1.54) is 50.1 Å². The molecule has 4 heteroatoms. The van der Waals surface area contributed by atoms with Crippen molar-refractivity contribution < 1.29 is 4.42 Å². The fraction of sp³-hybridized carbons (Fsp3) is 0.0156. The van der Waals surface area contributed by atoms with Gasteiger partial charge >= 0.3 is 0 Å². The first kappa shape index (κ1) is 38.3. The SMILES string of the molecule is c1ccc(-c2ccc(-c3nc(-c4ccc(-c5ccccc5)cc4)nc(-c4cccc5oc6ccc(-c7cccc8c7-c7ccccc7C87c8ccccc8-c8ccccc87)cc6c45)n3)cc2)cc1. The molecule has 2 heterocycles. The minimum atomic E-state index is -0.424. The Morgan fingerprint density at radius 3 is 1.31 bits per heavy atom. The van der Waals surface area contributed by atoms with E-state index in [0.717, 1.165) is 66.4 Å². The molecule has 2 aliphatic carbocycles. The number of benzene rings is 10. The van der Waals surface area contributed by atoms with Gasteiger partial charge in [0.2, 0.25) is 0 Å². The summed E-state index contributed by atoms with van der Waals surface area (Å²) in [5.41, 5.74) is 21.2. The van der Waals surface area contributed by atoms with Gasteiger partial charge in [-0.25, -0.2) is 15.0 Å². The average Bonchev–Trinajstić information content (AvgIpc) is 4.05. The molecule has 0 atom stereocenters. The molecule has 0 fully saturated rings. The van der Waals surface area contributed by atoms with Crippen LogP contribution in [0.15, 0.2) is 241 Å². The van der Waals surface area contributed by atoms with E-state index in [1.807, 2.05) is 24.3 Å². The second-order valence-corrected chi connectivity index (χ2v) is 17.8. The molecule has 0 aliphatic heterocycles. The number of rotatable bonds is 6. The van der Waals surface area contributed by atoms with Crippen molar-refractivity contribution in [1.82, 2.24) is 15.0 Å². The minimum Gasteiger partial charge on any atom is -0.456 e. The third kappa shape index (κ3) is 5.71. The first-order valence-electron chi connectivity index (χ1n) is 23.2. The summed E-state index contributed by atoms with van der Waals surface area (Å²) in [6.45, 7) is 0. The maximum Gasteiger partial charge on any atom is 0.164 e. The molecule has 0 radical (unpaired) electrons. The minimum absolute atomic E-state index is 0.424. The maximum atomic E-state index is 6.68. The Labute approximate surface area is 393 Å². The van der Waals surface area contributed by atoms with E-state index in [2.05, 4.69) is 212 Å². The van der Waals surface area contributed by atoms with Gasteiger partial charge in [-0.1, -0.05) is 218 Å². The van der Waals surface area contributed by atoms with Crippen molar-refractivity contribution in [3.63, 3.8) is 0 Å². The van der Waals surface area contributed by atoms with Gasteiger partial charge in [0.15, 0.2) is 17.5 Å². The lowest BCUT2D eigenvalue weighted by molar-refractivity contribution is 0.669. The highest BCUT2D eigenvalue weighted by atomic mass is 16.3. The summed E-state index contributed by atoms with van der Waals surface area (Å²) < 4.78 is 6.68. The van der Waals surface area contributed by atoms with Crippen molar-refractivity contribution in [2.24, 2.45) is 0 Å². The second-order valence-electron chi connectivity index (χ2n) is 17.8. The molecule has 0 amide bonds. The molecule has 2 aromatic heterocycles. The zero-order valence-corrected chi connectivity index (χ0v) is 36.8. The zero-order valence-electron chi connectivity index (χ0n) is 36.8. The molecule has 2 aliphatic rings. The van der Waals surface area contributed by atoms with Crippen molar-refractivity contribution in [1.29, 1.82) is 0 Å². The van der Waals surface area contributed by atoms with Crippen molar-refractivity contribution in [3.05, 3.63) is 259 Å². The van der Waals surface area contributed by atoms with E-state index in [4.69, 9.17) is 19.4 Å². The third-order valence-electron chi connectivity index (χ3n) is 14.2. The molecule has 0 saturated heterocycles. The summed E-state index contributed by atoms with van der Waals surface area (Å²) in [6.07, 6.45) is 0. The molecular formula is C64H39N3O. The van der Waals surface area contributed by atoms with Crippen LogP contribution in [-0.4, -0.2) is 15.0 Å². The standard InChI is InChI=1S/C64H39N3O/c1-3-15-40(16-4-1)42-29-33-44(34-30-42)61-65-62(45-35-31-43(32-36-45)41-17-5-2-6-18-41)67-63(66-61)51-23-14-28-58-60(51)52-39-46(37-38-57(52)68-58)47-22-13-27-56-59(47)50-21-9-12-26-55(50)64(56)53-24-10-7-19-48(53)49-20-8-11-25-54(49)64/h1-39H. The van der Waals surface area contributed by atoms with Crippen LogP contribution in [0.1, 0.15) is 22.3 Å². The van der Waals surface area contributed by atoms with Gasteiger partial charge in [0.1, 0.15) is 11.2 Å². The molecule has 0 saturated carbocycles. The molecule has 12 aromatic rings. The van der Waals surface area contributed by atoms with Crippen LogP contribution in [0.3, 0.4) is 0 Å². The van der Waals surface area contributed by atoms with Gasteiger partial charge < -0.3 is 4.42 Å². The quantitative estimate of drug-likeness (QED) is 0.167. The summed E-state index contributed by atoms with van der Waals surface area (Å²) in [4.78, 5) is 15.7. The lowest BCUT2D eigenvalue weighted by Gasteiger charge is -2.30. The molecule has 4 nitrogen and oxygen atoms in total. The maximum absolute atomic E-state index is 6.68. The van der Waals surface area contributed by atoms with E-state index in [0.29, 0.717) is 17.5 Å². The molecule has 10 aromatic carbocycles. The molecule has 1 spiro atoms. The van der Waals surface area contributed by atoms with Crippen molar-refractivity contribution in [3.8, 4) is 89.8 Å². The Balaban J connectivity index is 0.945. The number of hydrogen-bond acceptors (Lipinski definition) is 4. The molecule has 14 rings (SSSR count). The topological polar surface area (TPSA) is 51.8 Å². The first-order chi connectivity index (χ1) is 33.7. The summed E-state index contributed by atoms with van der Waals surface area (Å²) in [7, 11) is 0. The van der Waals surface area contributed by atoms with Crippen LogP contribution in [0.25, 0.3) is 112 Å². The Kier molecular flexibility index (Phi) is 8.46. The van der Waals surface area contributed by atoms with E-state index in [1.54, 1.807) is 0 Å². The normalized spacial score (nSPS) is 12.8. The van der Waals surface area contributed by atoms with E-state index >= 15 is 0 Å². The van der Waals surface area contributed by atoms with Crippen LogP contribution in [0.5, 0.6) is 0 Å². The highest BCUT2D eigenvalue weighted by molar-refractivity contribution is 6.13. The Hall–Kier alpha value is -8.99. The number of hydrogen-bond donors (Lipinski definition) is 0. The van der Waals surface area contributed by atoms with E-state index in [-0.39, 0.29) is 0 Å². The molecular weight excluding hydrogens is 827 g/mol. The van der Waals surface area contributed by atoms with Crippen molar-refractivity contribution in [2.45, 2.75) is 5.41 Å². The molecule has 68 heavy (non-hydrogen) atoms. The summed E-state index contributed by atoms with van der Waals surface area (Å²) in [6, 6.07) is 84.5. The molecule has 0 unspecified atom stereocenters. The average molecular weight is 866 g/mol. The zero-order chi connectivity index (χ0) is 44.8. The number of fused-ring (bicyclic) bond motifs is 13. The van der Waals surface area contributed by atoms with Crippen LogP contribution >= 0.6 is 0 Å². The lowest BCUT2D eigenvalue weighted by atomic mass is 9.70. The summed E-state index contributed by atoms with van der Waals surface area (Å²) in [5.74, 6) is 1.78. The van der Waals surface area contributed by atoms with Gasteiger partial charge in [0.25, 0.3) is 0 Å². The van der Waals surface area contributed by atoms with Crippen LogP contribution in [-0.2, 0) is 5.41 Å². The number of furan rings is 1. The third-order valence-corrected chi connectivity index (χ3v) is 14.2. The Morgan fingerprint density at radius 1 is 0.279 bits per heavy atom. The predicted molar refractivity (Wildman–Crippen MR) is 276 cm³/mol. The molecule has 316 valence electrons. The first-order valence-corrected chi connectivity index (χ1v) is 23.2. The molecule has 0 N–H and O–H groups in total. The second kappa shape index (κ2) is 15.0. The van der Waals surface area contributed by atoms with Crippen LogP contribution in [0.2, 0.25) is 0 Å². The van der Waals surface area contributed by atoms with E-state index in [9.17, 15) is 0 Å². The fourth-order valence-corrected chi connectivity index (χ4v) is 11.2. The highest BCUT2D eigenvalue weighted by Gasteiger charge is 2.52. The van der Waals surface area contributed by atoms with Crippen LogP contribution in [0.4, 0.5) is 0 Å². The van der Waals surface area contributed by atoms with Gasteiger partial charge in [0.05, 0.1) is 5.41 Å². The lowest BCUT2D eigenvalue weighted by Crippen LogP contribution is -2.25. The Bertz CT molecular complexity index is 3800. The number of nitrogens with zero attached hydrogens (tertiary/aromatic N) is 3. The summed E-state index contributed by atoms with van der Waals surface area (Å²) >= 11 is 0. The van der Waals surface area contributed by atoms with Crippen molar-refractivity contribution >= 4 is 21.9 Å².